The van der Waals surface area contributed by atoms with Crippen molar-refractivity contribution in [1.82, 2.24) is 0 Å². The number of esters is 1. The molecule has 0 bridgehead atoms. The molecule has 16 heavy (non-hydrogen) atoms. The summed E-state index contributed by atoms with van der Waals surface area (Å²) in [6.45, 7) is 1.56. The number of aliphatic hydroxyl groups excluding tert-OH is 1. The molecule has 0 aromatic carbocycles. The molecule has 0 aliphatic rings. The number of hydrogen-bond acceptors (Lipinski definition) is 5. The molecular weight excluding hydrogens is 236 g/mol. The van der Waals surface area contributed by atoms with E-state index < -0.39 is 29.7 Å². The summed E-state index contributed by atoms with van der Waals surface area (Å²) in [4.78, 5) is 11.2. The maximum Gasteiger partial charge on any atom is 0.311 e. The first kappa shape index (κ1) is 15.6. The molecule has 0 fully saturated rings. The third kappa shape index (κ3) is 4.65. The molecule has 0 heterocycles. The van der Waals surface area contributed by atoms with E-state index in [1.54, 1.807) is 6.92 Å². The summed E-state index contributed by atoms with van der Waals surface area (Å²) in [5, 5.41) is 9.14. The van der Waals surface area contributed by atoms with Gasteiger partial charge >= 0.3 is 5.97 Å². The number of carbonyl (C=O) groups excluding carboxylic acids is 1. The van der Waals surface area contributed by atoms with Crippen molar-refractivity contribution < 1.29 is 24.1 Å². The average molecular weight is 255 g/mol. The highest BCUT2D eigenvalue weighted by atomic mass is 35.5. The van der Waals surface area contributed by atoms with E-state index in [4.69, 9.17) is 21.1 Å². The van der Waals surface area contributed by atoms with E-state index in [9.17, 15) is 9.90 Å². The summed E-state index contributed by atoms with van der Waals surface area (Å²) < 4.78 is 14.4. The number of halogens is 1. The molecule has 6 heteroatoms. The van der Waals surface area contributed by atoms with Crippen LogP contribution in [0.4, 0.5) is 0 Å². The molecule has 0 saturated heterocycles. The summed E-state index contributed by atoms with van der Waals surface area (Å²) in [5.74, 6) is -1.17. The Morgan fingerprint density at radius 1 is 1.31 bits per heavy atom. The Bertz CT molecular complexity index is 207. The van der Waals surface area contributed by atoms with Gasteiger partial charge in [0.15, 0.2) is 6.29 Å². The molecule has 0 aromatic heterocycles. The molecule has 5 nitrogen and oxygen atoms in total. The smallest absolute Gasteiger partial charge is 0.311 e. The Hall–Kier alpha value is -0.360. The van der Waals surface area contributed by atoms with Crippen LogP contribution in [0.25, 0.3) is 0 Å². The number of ether oxygens (including phenoxy) is 3. The van der Waals surface area contributed by atoms with Crippen LogP contribution in [0.5, 0.6) is 0 Å². The van der Waals surface area contributed by atoms with Crippen LogP contribution in [-0.4, -0.2) is 50.2 Å². The summed E-state index contributed by atoms with van der Waals surface area (Å²) in [6.07, 6.45) is -1.21. The zero-order valence-electron chi connectivity index (χ0n) is 9.97. The Labute approximate surface area is 101 Å². The minimum absolute atomic E-state index is 0.289. The van der Waals surface area contributed by atoms with Crippen LogP contribution < -0.4 is 0 Å². The first-order valence-corrected chi connectivity index (χ1v) is 5.37. The van der Waals surface area contributed by atoms with Gasteiger partial charge in [0.25, 0.3) is 0 Å². The standard InChI is InChI=1S/C10H19ClO5/c1-6(10(13)16-4)9(12)7(11)5-8(14-2)15-3/h6-9,12H,5H2,1-4H3/t6-,7+,9+/m0/s1. The molecule has 0 radical (unpaired) electrons. The van der Waals surface area contributed by atoms with Crippen LogP contribution in [0.15, 0.2) is 0 Å². The van der Waals surface area contributed by atoms with Gasteiger partial charge < -0.3 is 19.3 Å². The van der Waals surface area contributed by atoms with Gasteiger partial charge in [-0.15, -0.1) is 11.6 Å². The van der Waals surface area contributed by atoms with Crippen LogP contribution in [0.2, 0.25) is 0 Å². The second kappa shape index (κ2) is 7.84. The maximum absolute atomic E-state index is 11.2. The van der Waals surface area contributed by atoms with E-state index in [1.165, 1.54) is 21.3 Å². The lowest BCUT2D eigenvalue weighted by Gasteiger charge is -2.24. The minimum Gasteiger partial charge on any atom is -0.469 e. The third-order valence-corrected chi connectivity index (χ3v) is 2.84. The van der Waals surface area contributed by atoms with Crippen molar-refractivity contribution in [3.8, 4) is 0 Å². The third-order valence-electron chi connectivity index (χ3n) is 2.40. The number of aliphatic hydroxyl groups is 1. The van der Waals surface area contributed by atoms with Crippen LogP contribution in [-0.2, 0) is 19.0 Å². The summed E-state index contributed by atoms with van der Waals surface area (Å²) in [6, 6.07) is 0. The molecule has 0 saturated carbocycles. The largest absolute Gasteiger partial charge is 0.469 e. The van der Waals surface area contributed by atoms with Gasteiger partial charge in [-0.25, -0.2) is 0 Å². The van der Waals surface area contributed by atoms with Crippen LogP contribution in [0.1, 0.15) is 13.3 Å². The molecule has 0 spiro atoms. The average Bonchev–Trinajstić information content (AvgIpc) is 2.32. The van der Waals surface area contributed by atoms with Crippen molar-refractivity contribution in [3.63, 3.8) is 0 Å². The predicted molar refractivity (Wildman–Crippen MR) is 59.3 cm³/mol. The van der Waals surface area contributed by atoms with Gasteiger partial charge in [-0.05, 0) is 6.92 Å². The van der Waals surface area contributed by atoms with E-state index in [1.807, 2.05) is 0 Å². The fourth-order valence-corrected chi connectivity index (χ4v) is 1.61. The number of methoxy groups -OCH3 is 3. The normalized spacial score (nSPS) is 16.9. The Morgan fingerprint density at radius 3 is 2.19 bits per heavy atom. The Kier molecular flexibility index (Phi) is 7.66. The molecular formula is C10H19ClO5. The highest BCUT2D eigenvalue weighted by Crippen LogP contribution is 2.19. The lowest BCUT2D eigenvalue weighted by Crippen LogP contribution is -2.36. The van der Waals surface area contributed by atoms with E-state index in [2.05, 4.69) is 4.74 Å². The molecule has 96 valence electrons. The highest BCUT2D eigenvalue weighted by molar-refractivity contribution is 6.21. The molecule has 0 aliphatic heterocycles. The number of hydrogen-bond donors (Lipinski definition) is 1. The predicted octanol–water partition coefficient (Wildman–Crippen LogP) is 0.773. The lowest BCUT2D eigenvalue weighted by atomic mass is 10.00. The Morgan fingerprint density at radius 2 is 1.81 bits per heavy atom. The summed E-state index contributed by atoms with van der Waals surface area (Å²) in [7, 11) is 4.23. The topological polar surface area (TPSA) is 65.0 Å². The molecule has 0 aliphatic carbocycles. The minimum atomic E-state index is -0.998. The Balaban J connectivity index is 4.26. The molecule has 0 aromatic rings. The molecule has 0 rings (SSSR count). The van der Waals surface area contributed by atoms with Crippen molar-refractivity contribution in [2.75, 3.05) is 21.3 Å². The lowest BCUT2D eigenvalue weighted by molar-refractivity contribution is -0.149. The van der Waals surface area contributed by atoms with Gasteiger partial charge in [-0.1, -0.05) is 0 Å². The van der Waals surface area contributed by atoms with Gasteiger partial charge in [0.05, 0.1) is 24.5 Å². The van der Waals surface area contributed by atoms with Crippen molar-refractivity contribution >= 4 is 17.6 Å². The van der Waals surface area contributed by atoms with Crippen molar-refractivity contribution in [2.45, 2.75) is 31.1 Å². The van der Waals surface area contributed by atoms with Gasteiger partial charge in [0.2, 0.25) is 0 Å². The van der Waals surface area contributed by atoms with Gasteiger partial charge in [0.1, 0.15) is 0 Å². The maximum atomic E-state index is 11.2. The second-order valence-corrected chi connectivity index (χ2v) is 4.02. The van der Waals surface area contributed by atoms with E-state index in [0.717, 1.165) is 0 Å². The number of rotatable bonds is 7. The first-order valence-electron chi connectivity index (χ1n) is 4.93. The first-order chi connectivity index (χ1) is 7.47. The molecule has 0 unspecified atom stereocenters. The van der Waals surface area contributed by atoms with Crippen molar-refractivity contribution in [2.24, 2.45) is 5.92 Å². The molecule has 0 amide bonds. The number of alkyl halides is 1. The van der Waals surface area contributed by atoms with Crippen LogP contribution >= 0.6 is 11.6 Å². The SMILES string of the molecule is COC(=O)[C@@H](C)[C@@H](O)[C@H](Cl)CC(OC)OC. The second-order valence-electron chi connectivity index (χ2n) is 3.46. The van der Waals surface area contributed by atoms with Crippen LogP contribution in [0.3, 0.4) is 0 Å². The molecule has 1 N–H and O–H groups in total. The van der Waals surface area contributed by atoms with Crippen molar-refractivity contribution in [1.29, 1.82) is 0 Å². The fraction of sp³-hybridized carbons (Fsp3) is 0.900. The number of carbonyl (C=O) groups is 1. The van der Waals surface area contributed by atoms with Gasteiger partial charge in [-0.3, -0.25) is 4.79 Å². The summed E-state index contributed by atoms with van der Waals surface area (Å²) >= 11 is 5.96. The zero-order valence-corrected chi connectivity index (χ0v) is 10.7. The van der Waals surface area contributed by atoms with Crippen LogP contribution in [0, 0.1) is 5.92 Å². The highest BCUT2D eigenvalue weighted by Gasteiger charge is 2.30. The van der Waals surface area contributed by atoms with E-state index in [0.29, 0.717) is 0 Å². The summed E-state index contributed by atoms with van der Waals surface area (Å²) in [5.41, 5.74) is 0. The quantitative estimate of drug-likeness (QED) is 0.413. The van der Waals surface area contributed by atoms with Gasteiger partial charge in [0, 0.05) is 20.6 Å². The monoisotopic (exact) mass is 254 g/mol. The van der Waals surface area contributed by atoms with E-state index >= 15 is 0 Å². The fourth-order valence-electron chi connectivity index (χ4n) is 1.25. The van der Waals surface area contributed by atoms with Crippen molar-refractivity contribution in [3.05, 3.63) is 0 Å². The zero-order chi connectivity index (χ0) is 12.7. The van der Waals surface area contributed by atoms with E-state index in [-0.39, 0.29) is 6.42 Å². The van der Waals surface area contributed by atoms with Gasteiger partial charge in [-0.2, -0.15) is 0 Å². The molecule has 3 atom stereocenters.